The number of benzene rings is 1. The fourth-order valence-corrected chi connectivity index (χ4v) is 2.45. The summed E-state index contributed by atoms with van der Waals surface area (Å²) in [4.78, 5) is 0. The van der Waals surface area contributed by atoms with E-state index < -0.39 is 5.60 Å². The van der Waals surface area contributed by atoms with Crippen molar-refractivity contribution in [1.29, 1.82) is 0 Å². The van der Waals surface area contributed by atoms with Crippen LogP contribution in [0.5, 0.6) is 0 Å². The molecule has 0 fully saturated rings. The van der Waals surface area contributed by atoms with Gasteiger partial charge in [0.15, 0.2) is 0 Å². The SMILES string of the molecule is CC(C)C(O)(Cc1cccc(Cl)c1Cl)C(C)C. The van der Waals surface area contributed by atoms with Crippen LogP contribution in [0.25, 0.3) is 0 Å². The van der Waals surface area contributed by atoms with Gasteiger partial charge in [-0.25, -0.2) is 0 Å². The molecule has 0 amide bonds. The average molecular weight is 275 g/mol. The maximum Gasteiger partial charge on any atom is 0.0733 e. The maximum atomic E-state index is 10.7. The van der Waals surface area contributed by atoms with Crippen molar-refractivity contribution in [3.63, 3.8) is 0 Å². The Balaban J connectivity index is 3.07. The van der Waals surface area contributed by atoms with Crippen LogP contribution in [-0.2, 0) is 6.42 Å². The molecule has 0 atom stereocenters. The number of halogens is 2. The third-order valence-electron chi connectivity index (χ3n) is 3.50. The minimum Gasteiger partial charge on any atom is -0.389 e. The van der Waals surface area contributed by atoms with E-state index in [1.54, 1.807) is 6.07 Å². The molecule has 0 saturated carbocycles. The van der Waals surface area contributed by atoms with Crippen LogP contribution >= 0.6 is 23.2 Å². The summed E-state index contributed by atoms with van der Waals surface area (Å²) in [6.07, 6.45) is 0.529. The molecular weight excluding hydrogens is 255 g/mol. The van der Waals surface area contributed by atoms with Crippen molar-refractivity contribution in [2.45, 2.75) is 39.7 Å². The molecule has 0 unspecified atom stereocenters. The van der Waals surface area contributed by atoms with E-state index in [1.807, 2.05) is 39.8 Å². The second-order valence-electron chi connectivity index (χ2n) is 5.19. The van der Waals surface area contributed by atoms with Gasteiger partial charge in [0.1, 0.15) is 0 Å². The smallest absolute Gasteiger partial charge is 0.0733 e. The molecule has 0 heterocycles. The van der Waals surface area contributed by atoms with Gasteiger partial charge in [-0.1, -0.05) is 63.0 Å². The third-order valence-corrected chi connectivity index (χ3v) is 4.36. The van der Waals surface area contributed by atoms with Crippen LogP contribution in [0, 0.1) is 11.8 Å². The monoisotopic (exact) mass is 274 g/mol. The van der Waals surface area contributed by atoms with E-state index in [1.165, 1.54) is 0 Å². The van der Waals surface area contributed by atoms with Crippen molar-refractivity contribution < 1.29 is 5.11 Å². The van der Waals surface area contributed by atoms with Crippen LogP contribution in [0.4, 0.5) is 0 Å². The van der Waals surface area contributed by atoms with Crippen LogP contribution in [0.2, 0.25) is 10.0 Å². The quantitative estimate of drug-likeness (QED) is 0.852. The largest absolute Gasteiger partial charge is 0.389 e. The van der Waals surface area contributed by atoms with Gasteiger partial charge in [-0.2, -0.15) is 0 Å². The Morgan fingerprint density at radius 3 is 2.12 bits per heavy atom. The Morgan fingerprint density at radius 2 is 1.65 bits per heavy atom. The van der Waals surface area contributed by atoms with E-state index in [9.17, 15) is 5.11 Å². The van der Waals surface area contributed by atoms with Gasteiger partial charge in [0.2, 0.25) is 0 Å². The van der Waals surface area contributed by atoms with Crippen molar-refractivity contribution in [2.75, 3.05) is 0 Å². The molecule has 0 radical (unpaired) electrons. The number of aliphatic hydroxyl groups is 1. The zero-order valence-electron chi connectivity index (χ0n) is 10.8. The summed E-state index contributed by atoms with van der Waals surface area (Å²) in [6, 6.07) is 5.55. The molecule has 0 spiro atoms. The highest BCUT2D eigenvalue weighted by molar-refractivity contribution is 6.42. The van der Waals surface area contributed by atoms with Gasteiger partial charge in [-0.05, 0) is 23.5 Å². The van der Waals surface area contributed by atoms with Crippen LogP contribution in [-0.4, -0.2) is 10.7 Å². The normalized spacial score (nSPS) is 12.5. The second kappa shape index (κ2) is 5.60. The van der Waals surface area contributed by atoms with Gasteiger partial charge in [0.05, 0.1) is 15.6 Å². The predicted molar refractivity (Wildman–Crippen MR) is 74.8 cm³/mol. The Labute approximate surface area is 114 Å². The van der Waals surface area contributed by atoms with Gasteiger partial charge in [-0.15, -0.1) is 0 Å². The first kappa shape index (κ1) is 14.8. The Bertz CT molecular complexity index is 378. The number of rotatable bonds is 4. The number of hydrogen-bond acceptors (Lipinski definition) is 1. The Morgan fingerprint density at radius 1 is 1.12 bits per heavy atom. The van der Waals surface area contributed by atoms with E-state index in [2.05, 4.69) is 0 Å². The summed E-state index contributed by atoms with van der Waals surface area (Å²) in [5.74, 6) is 0.329. The van der Waals surface area contributed by atoms with Gasteiger partial charge in [0.25, 0.3) is 0 Å². The molecule has 1 aromatic rings. The highest BCUT2D eigenvalue weighted by Crippen LogP contribution is 2.34. The Kier molecular flexibility index (Phi) is 4.88. The lowest BCUT2D eigenvalue weighted by Gasteiger charge is -2.36. The van der Waals surface area contributed by atoms with Crippen LogP contribution in [0.15, 0.2) is 18.2 Å². The molecular formula is C14H20Cl2O. The topological polar surface area (TPSA) is 20.2 Å². The highest BCUT2D eigenvalue weighted by Gasteiger charge is 2.35. The Hall–Kier alpha value is -0.240. The van der Waals surface area contributed by atoms with E-state index in [-0.39, 0.29) is 11.8 Å². The average Bonchev–Trinajstić information content (AvgIpc) is 2.24. The summed E-state index contributed by atoms with van der Waals surface area (Å²) in [7, 11) is 0. The summed E-state index contributed by atoms with van der Waals surface area (Å²) >= 11 is 12.2. The van der Waals surface area contributed by atoms with Crippen LogP contribution < -0.4 is 0 Å². The predicted octanol–water partition coefficient (Wildman–Crippen LogP) is 4.58. The van der Waals surface area contributed by atoms with Gasteiger partial charge in [0, 0.05) is 6.42 Å². The minimum absolute atomic E-state index is 0.164. The lowest BCUT2D eigenvalue weighted by atomic mass is 9.76. The first-order valence-corrected chi connectivity index (χ1v) is 6.70. The summed E-state index contributed by atoms with van der Waals surface area (Å²) in [5.41, 5.74) is 0.151. The molecule has 1 nitrogen and oxygen atoms in total. The van der Waals surface area contributed by atoms with Crippen molar-refractivity contribution >= 4 is 23.2 Å². The molecule has 1 aromatic carbocycles. The van der Waals surface area contributed by atoms with E-state index in [0.717, 1.165) is 5.56 Å². The molecule has 0 aliphatic heterocycles. The molecule has 1 N–H and O–H groups in total. The molecule has 3 heteroatoms. The zero-order valence-corrected chi connectivity index (χ0v) is 12.3. The molecule has 1 rings (SSSR count). The lowest BCUT2D eigenvalue weighted by Crippen LogP contribution is -2.42. The summed E-state index contributed by atoms with van der Waals surface area (Å²) in [5, 5.41) is 11.8. The van der Waals surface area contributed by atoms with Crippen molar-refractivity contribution in [1.82, 2.24) is 0 Å². The van der Waals surface area contributed by atoms with Gasteiger partial charge in [-0.3, -0.25) is 0 Å². The minimum atomic E-state index is -0.756. The van der Waals surface area contributed by atoms with Crippen molar-refractivity contribution in [3.8, 4) is 0 Å². The molecule has 0 bridgehead atoms. The van der Waals surface area contributed by atoms with Crippen molar-refractivity contribution in [3.05, 3.63) is 33.8 Å². The van der Waals surface area contributed by atoms with Crippen LogP contribution in [0.1, 0.15) is 33.3 Å². The summed E-state index contributed by atoms with van der Waals surface area (Å²) in [6.45, 7) is 8.10. The van der Waals surface area contributed by atoms with Gasteiger partial charge < -0.3 is 5.11 Å². The summed E-state index contributed by atoms with van der Waals surface area (Å²) < 4.78 is 0. The van der Waals surface area contributed by atoms with Crippen LogP contribution in [0.3, 0.4) is 0 Å². The molecule has 17 heavy (non-hydrogen) atoms. The second-order valence-corrected chi connectivity index (χ2v) is 5.98. The lowest BCUT2D eigenvalue weighted by molar-refractivity contribution is -0.0462. The number of hydrogen-bond donors (Lipinski definition) is 1. The molecule has 96 valence electrons. The highest BCUT2D eigenvalue weighted by atomic mass is 35.5. The fraction of sp³-hybridized carbons (Fsp3) is 0.571. The van der Waals surface area contributed by atoms with E-state index >= 15 is 0 Å². The zero-order chi connectivity index (χ0) is 13.2. The maximum absolute atomic E-state index is 10.7. The first-order chi connectivity index (χ1) is 7.79. The standard InChI is InChI=1S/C14H20Cl2O/c1-9(2)14(17,10(3)4)8-11-6-5-7-12(15)13(11)16/h5-7,9-10,17H,8H2,1-4H3. The molecule has 0 aliphatic carbocycles. The van der Waals surface area contributed by atoms with Crippen molar-refractivity contribution in [2.24, 2.45) is 11.8 Å². The first-order valence-electron chi connectivity index (χ1n) is 5.94. The fourth-order valence-electron chi connectivity index (χ4n) is 2.06. The van der Waals surface area contributed by atoms with E-state index in [0.29, 0.717) is 16.5 Å². The van der Waals surface area contributed by atoms with E-state index in [4.69, 9.17) is 23.2 Å². The van der Waals surface area contributed by atoms with Gasteiger partial charge >= 0.3 is 0 Å². The molecule has 0 saturated heterocycles. The molecule has 0 aromatic heterocycles. The third kappa shape index (κ3) is 3.15. The molecule has 0 aliphatic rings.